The molecule has 7 nitrogen and oxygen atoms in total. The number of hydrogen-bond donors (Lipinski definition) is 3. The minimum atomic E-state index is -0.772. The van der Waals surface area contributed by atoms with Crippen LogP contribution < -0.4 is 16.0 Å². The van der Waals surface area contributed by atoms with Crippen LogP contribution in [-0.2, 0) is 14.4 Å². The molecular weight excluding hydrogens is 236 g/mol. The molecule has 0 radical (unpaired) electrons. The van der Waals surface area contributed by atoms with Crippen molar-refractivity contribution < 1.29 is 14.4 Å². The number of anilines is 1. The highest BCUT2D eigenvalue weighted by Crippen LogP contribution is 2.01. The van der Waals surface area contributed by atoms with Gasteiger partial charge in [0.2, 0.25) is 5.91 Å². The molecule has 0 aliphatic heterocycles. The molecule has 0 aliphatic carbocycles. The van der Waals surface area contributed by atoms with Gasteiger partial charge in [0.15, 0.2) is 0 Å². The van der Waals surface area contributed by atoms with Crippen LogP contribution >= 0.6 is 0 Å². The first-order valence-corrected chi connectivity index (χ1v) is 5.33. The molecule has 3 amide bonds. The monoisotopic (exact) mass is 250 g/mol. The van der Waals surface area contributed by atoms with Crippen molar-refractivity contribution in [1.82, 2.24) is 15.6 Å². The van der Waals surface area contributed by atoms with E-state index in [1.54, 1.807) is 18.3 Å². The molecular formula is C11H14N4O3. The Kier molecular flexibility index (Phi) is 5.30. The maximum absolute atomic E-state index is 11.4. The van der Waals surface area contributed by atoms with Gasteiger partial charge in [0.1, 0.15) is 0 Å². The normalized spacial score (nSPS) is 9.39. The summed E-state index contributed by atoms with van der Waals surface area (Å²) < 4.78 is 0. The van der Waals surface area contributed by atoms with Crippen molar-refractivity contribution >= 4 is 23.4 Å². The number of pyridine rings is 1. The Labute approximate surface area is 104 Å². The van der Waals surface area contributed by atoms with E-state index >= 15 is 0 Å². The summed E-state index contributed by atoms with van der Waals surface area (Å²) in [6.07, 6.45) is 2.99. The largest absolute Gasteiger partial charge is 0.355 e. The Balaban J connectivity index is 2.29. The molecule has 1 heterocycles. The van der Waals surface area contributed by atoms with Crippen molar-refractivity contribution in [3.05, 3.63) is 24.5 Å². The van der Waals surface area contributed by atoms with Crippen LogP contribution in [0.15, 0.2) is 24.5 Å². The molecule has 0 fully saturated rings. The van der Waals surface area contributed by atoms with Crippen LogP contribution in [0.4, 0.5) is 5.69 Å². The van der Waals surface area contributed by atoms with Gasteiger partial charge in [-0.05, 0) is 12.1 Å². The number of hydrogen-bond acceptors (Lipinski definition) is 4. The molecule has 0 atom stereocenters. The lowest BCUT2D eigenvalue weighted by atomic mass is 10.4. The van der Waals surface area contributed by atoms with Gasteiger partial charge >= 0.3 is 11.8 Å². The first-order chi connectivity index (χ1) is 8.59. The molecule has 0 aromatic carbocycles. The fraction of sp³-hybridized carbons (Fsp3) is 0.273. The van der Waals surface area contributed by atoms with Crippen molar-refractivity contribution in [2.75, 3.05) is 18.4 Å². The molecule has 0 saturated heterocycles. The maximum Gasteiger partial charge on any atom is 0.313 e. The van der Waals surface area contributed by atoms with Crippen molar-refractivity contribution in [3.8, 4) is 0 Å². The first-order valence-electron chi connectivity index (χ1n) is 5.33. The minimum absolute atomic E-state index is 0.191. The Morgan fingerprint density at radius 2 is 1.89 bits per heavy atom. The molecule has 3 N–H and O–H groups in total. The lowest BCUT2D eigenvalue weighted by molar-refractivity contribution is -0.136. The lowest BCUT2D eigenvalue weighted by Gasteiger charge is -2.06. The van der Waals surface area contributed by atoms with E-state index in [2.05, 4.69) is 20.9 Å². The minimum Gasteiger partial charge on any atom is -0.355 e. The quantitative estimate of drug-likeness (QED) is 0.484. The molecule has 18 heavy (non-hydrogen) atoms. The zero-order valence-corrected chi connectivity index (χ0v) is 9.90. The van der Waals surface area contributed by atoms with Gasteiger partial charge in [-0.2, -0.15) is 0 Å². The predicted molar refractivity (Wildman–Crippen MR) is 64.6 cm³/mol. The maximum atomic E-state index is 11.4. The summed E-state index contributed by atoms with van der Waals surface area (Å²) in [7, 11) is 0. The van der Waals surface area contributed by atoms with Crippen LogP contribution in [0.3, 0.4) is 0 Å². The van der Waals surface area contributed by atoms with Gasteiger partial charge in [-0.3, -0.25) is 19.4 Å². The van der Waals surface area contributed by atoms with Gasteiger partial charge in [-0.1, -0.05) is 0 Å². The van der Waals surface area contributed by atoms with Crippen molar-refractivity contribution in [1.29, 1.82) is 0 Å². The van der Waals surface area contributed by atoms with Gasteiger partial charge in [-0.15, -0.1) is 0 Å². The zero-order chi connectivity index (χ0) is 13.4. The second-order valence-electron chi connectivity index (χ2n) is 3.43. The number of carbonyl (C=O) groups is 3. The highest BCUT2D eigenvalue weighted by molar-refractivity contribution is 6.39. The predicted octanol–water partition coefficient (Wildman–Crippen LogP) is -0.728. The van der Waals surface area contributed by atoms with E-state index in [0.717, 1.165) is 0 Å². The third-order valence-electron chi connectivity index (χ3n) is 1.91. The SMILES string of the molecule is CC(=O)NCCNC(=O)C(=O)Nc1cccnc1. The fourth-order valence-corrected chi connectivity index (χ4v) is 1.12. The highest BCUT2D eigenvalue weighted by atomic mass is 16.2. The molecule has 1 aromatic heterocycles. The second-order valence-corrected chi connectivity index (χ2v) is 3.43. The third kappa shape index (κ3) is 5.06. The lowest BCUT2D eigenvalue weighted by Crippen LogP contribution is -2.39. The fourth-order valence-electron chi connectivity index (χ4n) is 1.12. The molecule has 0 unspecified atom stereocenters. The highest BCUT2D eigenvalue weighted by Gasteiger charge is 2.12. The number of aromatic nitrogens is 1. The van der Waals surface area contributed by atoms with E-state index in [1.165, 1.54) is 13.1 Å². The first kappa shape index (κ1) is 13.6. The summed E-state index contributed by atoms with van der Waals surface area (Å²) >= 11 is 0. The Morgan fingerprint density at radius 1 is 1.17 bits per heavy atom. The van der Waals surface area contributed by atoms with Crippen LogP contribution in [0.1, 0.15) is 6.92 Å². The Bertz CT molecular complexity index is 433. The summed E-state index contributed by atoms with van der Waals surface area (Å²) in [5, 5.41) is 7.26. The van der Waals surface area contributed by atoms with Crippen LogP contribution in [0.2, 0.25) is 0 Å². The van der Waals surface area contributed by atoms with Gasteiger partial charge in [-0.25, -0.2) is 0 Å². The molecule has 7 heteroatoms. The van der Waals surface area contributed by atoms with Crippen molar-refractivity contribution in [2.45, 2.75) is 6.92 Å². The number of carbonyl (C=O) groups excluding carboxylic acids is 3. The van der Waals surface area contributed by atoms with E-state index in [4.69, 9.17) is 0 Å². The number of nitrogens with zero attached hydrogens (tertiary/aromatic N) is 1. The summed E-state index contributed by atoms with van der Waals surface area (Å²) in [6.45, 7) is 1.84. The van der Waals surface area contributed by atoms with E-state index < -0.39 is 11.8 Å². The van der Waals surface area contributed by atoms with E-state index in [9.17, 15) is 14.4 Å². The van der Waals surface area contributed by atoms with Gasteiger partial charge in [0, 0.05) is 26.2 Å². The van der Waals surface area contributed by atoms with Gasteiger partial charge in [0.25, 0.3) is 0 Å². The molecule has 1 rings (SSSR count). The summed E-state index contributed by atoms with van der Waals surface area (Å²) in [5.41, 5.74) is 0.444. The van der Waals surface area contributed by atoms with E-state index in [1.807, 2.05) is 0 Å². The number of amides is 3. The molecule has 96 valence electrons. The van der Waals surface area contributed by atoms with Crippen molar-refractivity contribution in [2.24, 2.45) is 0 Å². The molecule has 1 aromatic rings. The molecule has 0 spiro atoms. The van der Waals surface area contributed by atoms with Crippen LogP contribution in [0.5, 0.6) is 0 Å². The number of rotatable bonds is 4. The smallest absolute Gasteiger partial charge is 0.313 e. The van der Waals surface area contributed by atoms with Crippen LogP contribution in [0.25, 0.3) is 0 Å². The Morgan fingerprint density at radius 3 is 2.50 bits per heavy atom. The van der Waals surface area contributed by atoms with E-state index in [-0.39, 0.29) is 19.0 Å². The standard InChI is InChI=1S/C11H14N4O3/c1-8(16)13-5-6-14-10(17)11(18)15-9-3-2-4-12-7-9/h2-4,7H,5-6H2,1H3,(H,13,16)(H,14,17)(H,15,18). The topological polar surface area (TPSA) is 100 Å². The summed E-state index contributed by atoms with van der Waals surface area (Å²) in [4.78, 5) is 37.1. The average Bonchev–Trinajstić information content (AvgIpc) is 2.35. The summed E-state index contributed by atoms with van der Waals surface area (Å²) in [6, 6.07) is 3.26. The summed E-state index contributed by atoms with van der Waals surface area (Å²) in [5.74, 6) is -1.72. The van der Waals surface area contributed by atoms with Crippen LogP contribution in [0, 0.1) is 0 Å². The third-order valence-corrected chi connectivity index (χ3v) is 1.91. The molecule has 0 aliphatic rings. The van der Waals surface area contributed by atoms with Crippen molar-refractivity contribution in [3.63, 3.8) is 0 Å². The second kappa shape index (κ2) is 7.00. The van der Waals surface area contributed by atoms with E-state index in [0.29, 0.717) is 5.69 Å². The average molecular weight is 250 g/mol. The molecule has 0 saturated carbocycles. The Hall–Kier alpha value is -2.44. The number of nitrogens with one attached hydrogen (secondary N) is 3. The molecule has 0 bridgehead atoms. The van der Waals surface area contributed by atoms with Gasteiger partial charge < -0.3 is 16.0 Å². The zero-order valence-electron chi connectivity index (χ0n) is 9.90. The van der Waals surface area contributed by atoms with Crippen LogP contribution in [-0.4, -0.2) is 35.8 Å². The van der Waals surface area contributed by atoms with Gasteiger partial charge in [0.05, 0.1) is 11.9 Å².